The van der Waals surface area contributed by atoms with Crippen LogP contribution in [0.2, 0.25) is 0 Å². The molecule has 8 nitrogen and oxygen atoms in total. The molecule has 132 valence electrons. The molecule has 0 aliphatic carbocycles. The lowest BCUT2D eigenvalue weighted by Crippen LogP contribution is -2.43. The zero-order chi connectivity index (χ0) is 18.6. The third-order valence-electron chi connectivity index (χ3n) is 3.52. The van der Waals surface area contributed by atoms with Gasteiger partial charge in [-0.3, -0.25) is 29.9 Å². The van der Waals surface area contributed by atoms with Crippen LogP contribution in [0, 0.1) is 20.8 Å². The van der Waals surface area contributed by atoms with Gasteiger partial charge in [0.1, 0.15) is 6.54 Å². The van der Waals surface area contributed by atoms with Gasteiger partial charge in [0.2, 0.25) is 5.91 Å². The fourth-order valence-electron chi connectivity index (χ4n) is 2.30. The van der Waals surface area contributed by atoms with Crippen molar-refractivity contribution >= 4 is 23.4 Å². The number of nitrogens with one attached hydrogen (secondary N) is 3. The molecule has 2 rings (SSSR count). The number of hydrazine groups is 1. The molecule has 3 N–H and O–H groups in total. The molecule has 1 aromatic carbocycles. The number of aromatic nitrogens is 2. The lowest BCUT2D eigenvalue weighted by molar-refractivity contribution is -0.122. The largest absolute Gasteiger partial charge is 0.326 e. The number of aryl methyl sites for hydroxylation is 3. The van der Waals surface area contributed by atoms with Crippen molar-refractivity contribution in [3.05, 3.63) is 46.8 Å². The first-order chi connectivity index (χ1) is 11.8. The number of carbonyl (C=O) groups is 3. The van der Waals surface area contributed by atoms with Gasteiger partial charge in [-0.1, -0.05) is 6.07 Å². The van der Waals surface area contributed by atoms with E-state index in [0.717, 1.165) is 17.0 Å². The van der Waals surface area contributed by atoms with Crippen molar-refractivity contribution in [3.63, 3.8) is 0 Å². The molecule has 0 saturated carbocycles. The van der Waals surface area contributed by atoms with E-state index < -0.39 is 11.8 Å². The number of carbonyl (C=O) groups excluding carboxylic acids is 3. The summed E-state index contributed by atoms with van der Waals surface area (Å²) in [5, 5.41) is 6.84. The van der Waals surface area contributed by atoms with E-state index in [0.29, 0.717) is 11.3 Å². The Morgan fingerprint density at radius 2 is 1.80 bits per heavy atom. The molecule has 1 aromatic heterocycles. The van der Waals surface area contributed by atoms with Gasteiger partial charge in [-0.2, -0.15) is 5.10 Å². The van der Waals surface area contributed by atoms with Crippen molar-refractivity contribution in [2.45, 2.75) is 34.2 Å². The maximum absolute atomic E-state index is 12.2. The van der Waals surface area contributed by atoms with Crippen LogP contribution in [0.4, 0.5) is 5.69 Å². The van der Waals surface area contributed by atoms with Crippen molar-refractivity contribution in [2.75, 3.05) is 5.32 Å². The van der Waals surface area contributed by atoms with E-state index >= 15 is 0 Å². The van der Waals surface area contributed by atoms with E-state index in [1.54, 1.807) is 22.9 Å². The topological polar surface area (TPSA) is 105 Å². The second kappa shape index (κ2) is 7.61. The summed E-state index contributed by atoms with van der Waals surface area (Å²) in [5.41, 5.74) is 8.09. The molecule has 8 heteroatoms. The molecule has 0 fully saturated rings. The number of amides is 3. The summed E-state index contributed by atoms with van der Waals surface area (Å²) in [5.74, 6) is -1.10. The highest BCUT2D eigenvalue weighted by Gasteiger charge is 2.11. The molecule has 25 heavy (non-hydrogen) atoms. The third kappa shape index (κ3) is 4.90. The maximum atomic E-state index is 12.2. The van der Waals surface area contributed by atoms with Gasteiger partial charge in [0.05, 0.1) is 5.69 Å². The number of benzene rings is 1. The highest BCUT2D eigenvalue weighted by atomic mass is 16.2. The van der Waals surface area contributed by atoms with Gasteiger partial charge in [0.15, 0.2) is 0 Å². The van der Waals surface area contributed by atoms with Crippen molar-refractivity contribution in [3.8, 4) is 0 Å². The first-order valence-corrected chi connectivity index (χ1v) is 7.74. The van der Waals surface area contributed by atoms with Crippen LogP contribution >= 0.6 is 0 Å². The molecular weight excluding hydrogens is 322 g/mol. The Morgan fingerprint density at radius 3 is 2.40 bits per heavy atom. The van der Waals surface area contributed by atoms with Gasteiger partial charge in [0.25, 0.3) is 11.8 Å². The highest BCUT2D eigenvalue weighted by Crippen LogP contribution is 2.16. The fraction of sp³-hybridized carbons (Fsp3) is 0.294. The lowest BCUT2D eigenvalue weighted by atomic mass is 10.1. The molecule has 0 aliphatic rings. The Balaban J connectivity index is 1.96. The average Bonchev–Trinajstić information content (AvgIpc) is 2.84. The molecule has 0 bridgehead atoms. The number of hydrogen-bond acceptors (Lipinski definition) is 4. The van der Waals surface area contributed by atoms with Crippen LogP contribution in [0.25, 0.3) is 0 Å². The Kier molecular flexibility index (Phi) is 5.53. The summed E-state index contributed by atoms with van der Waals surface area (Å²) >= 11 is 0. The molecule has 0 spiro atoms. The van der Waals surface area contributed by atoms with Crippen LogP contribution in [-0.2, 0) is 16.1 Å². The molecule has 0 radical (unpaired) electrons. The number of rotatable bonds is 4. The minimum absolute atomic E-state index is 0.00495. The van der Waals surface area contributed by atoms with Crippen LogP contribution in [0.1, 0.15) is 34.2 Å². The maximum Gasteiger partial charge on any atom is 0.269 e. The van der Waals surface area contributed by atoms with Crippen molar-refractivity contribution in [1.29, 1.82) is 0 Å². The summed E-state index contributed by atoms with van der Waals surface area (Å²) in [6, 6.07) is 6.75. The summed E-state index contributed by atoms with van der Waals surface area (Å²) < 4.78 is 1.55. The summed E-state index contributed by atoms with van der Waals surface area (Å²) in [4.78, 5) is 35.3. The van der Waals surface area contributed by atoms with E-state index in [2.05, 4.69) is 21.3 Å². The van der Waals surface area contributed by atoms with Gasteiger partial charge in [-0.15, -0.1) is 0 Å². The Labute approximate surface area is 145 Å². The fourth-order valence-corrected chi connectivity index (χ4v) is 2.30. The minimum Gasteiger partial charge on any atom is -0.326 e. The summed E-state index contributed by atoms with van der Waals surface area (Å²) in [7, 11) is 0. The van der Waals surface area contributed by atoms with Crippen molar-refractivity contribution in [2.24, 2.45) is 0 Å². The summed E-state index contributed by atoms with van der Waals surface area (Å²) in [6.07, 6.45) is 0. The Hall–Kier alpha value is -3.16. The molecule has 0 saturated heterocycles. The molecule has 0 atom stereocenters. The van der Waals surface area contributed by atoms with E-state index in [1.807, 2.05) is 26.8 Å². The van der Waals surface area contributed by atoms with Crippen molar-refractivity contribution < 1.29 is 14.4 Å². The zero-order valence-corrected chi connectivity index (χ0v) is 14.6. The average molecular weight is 343 g/mol. The highest BCUT2D eigenvalue weighted by molar-refractivity contribution is 5.98. The molecule has 3 amide bonds. The summed E-state index contributed by atoms with van der Waals surface area (Å²) in [6.45, 7) is 6.91. The van der Waals surface area contributed by atoms with Gasteiger partial charge < -0.3 is 5.32 Å². The molecule has 2 aromatic rings. The quantitative estimate of drug-likeness (QED) is 0.726. The van der Waals surface area contributed by atoms with E-state index in [4.69, 9.17) is 0 Å². The smallest absolute Gasteiger partial charge is 0.269 e. The second-order valence-corrected chi connectivity index (χ2v) is 5.80. The standard InChI is InChI=1S/C17H21N5O3/c1-10-5-6-14(8-15(10)18-13(4)23)17(25)20-19-16(24)9-22-12(3)7-11(2)21-22/h5-8H,9H2,1-4H3,(H,18,23)(H,19,24)(H,20,25). The predicted molar refractivity (Wildman–Crippen MR) is 92.8 cm³/mol. The normalized spacial score (nSPS) is 10.2. The molecule has 1 heterocycles. The number of nitrogens with zero attached hydrogens (tertiary/aromatic N) is 2. The van der Waals surface area contributed by atoms with Crippen LogP contribution < -0.4 is 16.2 Å². The number of anilines is 1. The first-order valence-electron chi connectivity index (χ1n) is 7.74. The minimum atomic E-state index is -0.478. The van der Waals surface area contributed by atoms with E-state index in [1.165, 1.54) is 6.92 Å². The Bertz CT molecular complexity index is 826. The lowest BCUT2D eigenvalue weighted by Gasteiger charge is -2.11. The zero-order valence-electron chi connectivity index (χ0n) is 14.6. The van der Waals surface area contributed by atoms with Gasteiger partial charge in [-0.05, 0) is 44.5 Å². The van der Waals surface area contributed by atoms with Crippen LogP contribution in [-0.4, -0.2) is 27.5 Å². The van der Waals surface area contributed by atoms with Crippen LogP contribution in [0.15, 0.2) is 24.3 Å². The first kappa shape index (κ1) is 18.2. The monoisotopic (exact) mass is 343 g/mol. The van der Waals surface area contributed by atoms with E-state index in [-0.39, 0.29) is 12.5 Å². The molecular formula is C17H21N5O3. The SMILES string of the molecule is CC(=O)Nc1cc(C(=O)NNC(=O)Cn2nc(C)cc2C)ccc1C. The Morgan fingerprint density at radius 1 is 1.08 bits per heavy atom. The van der Waals surface area contributed by atoms with Crippen LogP contribution in [0.3, 0.4) is 0 Å². The van der Waals surface area contributed by atoms with Gasteiger partial charge in [-0.25, -0.2) is 0 Å². The van der Waals surface area contributed by atoms with Gasteiger partial charge >= 0.3 is 0 Å². The molecule has 0 aliphatic heterocycles. The van der Waals surface area contributed by atoms with Gasteiger partial charge in [0, 0.05) is 23.9 Å². The van der Waals surface area contributed by atoms with Crippen molar-refractivity contribution in [1.82, 2.24) is 20.6 Å². The number of hydrogen-bond donors (Lipinski definition) is 3. The third-order valence-corrected chi connectivity index (χ3v) is 3.52. The van der Waals surface area contributed by atoms with E-state index in [9.17, 15) is 14.4 Å². The second-order valence-electron chi connectivity index (χ2n) is 5.80. The predicted octanol–water partition coefficient (Wildman–Crippen LogP) is 1.23. The van der Waals surface area contributed by atoms with Crippen LogP contribution in [0.5, 0.6) is 0 Å². The molecule has 0 unspecified atom stereocenters.